The van der Waals surface area contributed by atoms with E-state index >= 15 is 0 Å². The maximum Gasteiger partial charge on any atom is 0.323 e. The molecule has 0 aliphatic carbocycles. The number of hydrogen-bond acceptors (Lipinski definition) is 4. The van der Waals surface area contributed by atoms with E-state index in [0.717, 1.165) is 4.90 Å². The second-order valence-electron chi connectivity index (χ2n) is 4.15. The van der Waals surface area contributed by atoms with Crippen LogP contribution in [-0.4, -0.2) is 40.0 Å². The Hall–Kier alpha value is -3.07. The number of rotatable bonds is 5. The van der Waals surface area contributed by atoms with Crippen LogP contribution in [-0.2, 0) is 9.59 Å². The van der Waals surface area contributed by atoms with Gasteiger partial charge in [-0.3, -0.25) is 9.59 Å². The van der Waals surface area contributed by atoms with Crippen molar-refractivity contribution in [2.45, 2.75) is 0 Å². The number of carboxylic acids is 1. The normalized spacial score (nSPS) is 10.6. The largest absolute Gasteiger partial charge is 0.480 e. The standard InChI is InChI=1S/C15H12N2O4/c1-2-9-17(10-15(19)20)14(18)8-7-13-16-11-5-3-4-6-12(11)21-13/h1,3-8H,9-10H2,(H,19,20). The van der Waals surface area contributed by atoms with Gasteiger partial charge >= 0.3 is 5.97 Å². The molecule has 1 aromatic carbocycles. The van der Waals surface area contributed by atoms with Gasteiger partial charge in [0.05, 0.1) is 6.54 Å². The molecule has 0 unspecified atom stereocenters. The van der Waals surface area contributed by atoms with E-state index in [4.69, 9.17) is 15.9 Å². The summed E-state index contributed by atoms with van der Waals surface area (Å²) in [6.07, 6.45) is 7.68. The fraction of sp³-hybridized carbons (Fsp3) is 0.133. The lowest BCUT2D eigenvalue weighted by molar-refractivity contribution is -0.142. The van der Waals surface area contributed by atoms with Crippen molar-refractivity contribution in [3.05, 3.63) is 36.2 Å². The molecule has 1 amide bonds. The number of para-hydroxylation sites is 2. The van der Waals surface area contributed by atoms with Gasteiger partial charge in [0, 0.05) is 12.2 Å². The number of nitrogens with zero attached hydrogens (tertiary/aromatic N) is 2. The van der Waals surface area contributed by atoms with Crippen LogP contribution >= 0.6 is 0 Å². The molecule has 2 aromatic rings. The molecule has 0 bridgehead atoms. The van der Waals surface area contributed by atoms with Crippen molar-refractivity contribution in [2.24, 2.45) is 0 Å². The van der Waals surface area contributed by atoms with E-state index in [1.807, 2.05) is 12.1 Å². The lowest BCUT2D eigenvalue weighted by Crippen LogP contribution is -2.34. The number of carboxylic acid groups (broad SMARTS) is 1. The zero-order valence-electron chi connectivity index (χ0n) is 11.0. The van der Waals surface area contributed by atoms with E-state index < -0.39 is 18.4 Å². The summed E-state index contributed by atoms with van der Waals surface area (Å²) in [4.78, 5) is 27.7. The number of aromatic nitrogens is 1. The molecule has 2 rings (SSSR count). The predicted octanol–water partition coefficient (Wildman–Crippen LogP) is 1.39. The Morgan fingerprint density at radius 3 is 2.86 bits per heavy atom. The highest BCUT2D eigenvalue weighted by atomic mass is 16.4. The van der Waals surface area contributed by atoms with Crippen molar-refractivity contribution in [3.63, 3.8) is 0 Å². The molecule has 0 aliphatic heterocycles. The molecule has 0 radical (unpaired) electrons. The first kappa shape index (κ1) is 14.3. The van der Waals surface area contributed by atoms with Gasteiger partial charge in [0.15, 0.2) is 5.58 Å². The number of amides is 1. The van der Waals surface area contributed by atoms with Gasteiger partial charge in [0.25, 0.3) is 0 Å². The number of hydrogen-bond donors (Lipinski definition) is 1. The van der Waals surface area contributed by atoms with Gasteiger partial charge in [-0.1, -0.05) is 18.1 Å². The summed E-state index contributed by atoms with van der Waals surface area (Å²) >= 11 is 0. The van der Waals surface area contributed by atoms with Gasteiger partial charge in [-0.05, 0) is 12.1 Å². The van der Waals surface area contributed by atoms with Crippen molar-refractivity contribution < 1.29 is 19.1 Å². The molecule has 0 spiro atoms. The quantitative estimate of drug-likeness (QED) is 0.662. The molecule has 6 nitrogen and oxygen atoms in total. The van der Waals surface area contributed by atoms with Crippen LogP contribution in [0, 0.1) is 12.3 Å². The second-order valence-corrected chi connectivity index (χ2v) is 4.15. The summed E-state index contributed by atoms with van der Waals surface area (Å²) in [5.41, 5.74) is 1.28. The van der Waals surface area contributed by atoms with Crippen LogP contribution in [0.5, 0.6) is 0 Å². The Balaban J connectivity index is 2.13. The first-order chi connectivity index (χ1) is 10.1. The van der Waals surface area contributed by atoms with E-state index in [0.29, 0.717) is 11.1 Å². The number of benzene rings is 1. The topological polar surface area (TPSA) is 83.6 Å². The van der Waals surface area contributed by atoms with Gasteiger partial charge in [0.1, 0.15) is 12.1 Å². The summed E-state index contributed by atoms with van der Waals surface area (Å²) in [7, 11) is 0. The van der Waals surface area contributed by atoms with Crippen molar-refractivity contribution in [1.29, 1.82) is 0 Å². The Morgan fingerprint density at radius 2 is 2.19 bits per heavy atom. The highest BCUT2D eigenvalue weighted by molar-refractivity contribution is 5.93. The minimum atomic E-state index is -1.13. The summed E-state index contributed by atoms with van der Waals surface area (Å²) in [6, 6.07) is 7.18. The zero-order chi connectivity index (χ0) is 15.2. The SMILES string of the molecule is C#CCN(CC(=O)O)C(=O)C=Cc1nc2ccccc2o1. The van der Waals surface area contributed by atoms with Gasteiger partial charge in [-0.15, -0.1) is 6.42 Å². The van der Waals surface area contributed by atoms with Crippen molar-refractivity contribution in [3.8, 4) is 12.3 Å². The van der Waals surface area contributed by atoms with E-state index in [1.54, 1.807) is 12.1 Å². The molecule has 21 heavy (non-hydrogen) atoms. The van der Waals surface area contributed by atoms with Crippen LogP contribution < -0.4 is 0 Å². The van der Waals surface area contributed by atoms with Crippen LogP contribution in [0.4, 0.5) is 0 Å². The third-order valence-electron chi connectivity index (χ3n) is 2.60. The number of terminal acetylenes is 1. The van der Waals surface area contributed by atoms with Gasteiger partial charge < -0.3 is 14.4 Å². The minimum absolute atomic E-state index is 0.0803. The second kappa shape index (κ2) is 6.39. The fourth-order valence-electron chi connectivity index (χ4n) is 1.69. The molecule has 1 heterocycles. The minimum Gasteiger partial charge on any atom is -0.480 e. The van der Waals surface area contributed by atoms with Crippen molar-refractivity contribution >= 4 is 29.1 Å². The van der Waals surface area contributed by atoms with Crippen LogP contribution in [0.15, 0.2) is 34.8 Å². The molecular weight excluding hydrogens is 272 g/mol. The lowest BCUT2D eigenvalue weighted by atomic mass is 10.3. The van der Waals surface area contributed by atoms with Gasteiger partial charge in [-0.2, -0.15) is 0 Å². The summed E-state index contributed by atoms with van der Waals surface area (Å²) in [5, 5.41) is 8.72. The zero-order valence-corrected chi connectivity index (χ0v) is 11.0. The molecule has 0 saturated carbocycles. The van der Waals surface area contributed by atoms with Crippen LogP contribution in [0.1, 0.15) is 5.89 Å². The third-order valence-corrected chi connectivity index (χ3v) is 2.60. The van der Waals surface area contributed by atoms with Crippen molar-refractivity contribution in [1.82, 2.24) is 9.88 Å². The van der Waals surface area contributed by atoms with E-state index in [1.165, 1.54) is 12.2 Å². The molecule has 1 aromatic heterocycles. The Labute approximate surface area is 120 Å². The average molecular weight is 284 g/mol. The summed E-state index contributed by atoms with van der Waals surface area (Å²) in [5.74, 6) is 0.860. The maximum atomic E-state index is 11.9. The van der Waals surface area contributed by atoms with Gasteiger partial charge in [-0.25, -0.2) is 4.98 Å². The van der Waals surface area contributed by atoms with Gasteiger partial charge in [0.2, 0.25) is 11.8 Å². The van der Waals surface area contributed by atoms with E-state index in [2.05, 4.69) is 10.9 Å². The van der Waals surface area contributed by atoms with Crippen LogP contribution in [0.2, 0.25) is 0 Å². The number of carbonyl (C=O) groups excluding carboxylic acids is 1. The van der Waals surface area contributed by atoms with E-state index in [9.17, 15) is 9.59 Å². The van der Waals surface area contributed by atoms with E-state index in [-0.39, 0.29) is 12.4 Å². The molecule has 106 valence electrons. The lowest BCUT2D eigenvalue weighted by Gasteiger charge is -2.15. The Bertz CT molecular complexity index is 706. The fourth-order valence-corrected chi connectivity index (χ4v) is 1.69. The number of aliphatic carboxylic acids is 1. The third kappa shape index (κ3) is 3.70. The first-order valence-corrected chi connectivity index (χ1v) is 6.08. The molecule has 0 aliphatic rings. The molecule has 6 heteroatoms. The molecule has 0 atom stereocenters. The Morgan fingerprint density at radius 1 is 1.43 bits per heavy atom. The molecule has 1 N–H and O–H groups in total. The average Bonchev–Trinajstić information content (AvgIpc) is 2.86. The monoisotopic (exact) mass is 284 g/mol. The smallest absolute Gasteiger partial charge is 0.323 e. The van der Waals surface area contributed by atoms with Crippen LogP contribution in [0.3, 0.4) is 0 Å². The highest BCUT2D eigenvalue weighted by Gasteiger charge is 2.13. The highest BCUT2D eigenvalue weighted by Crippen LogP contribution is 2.15. The Kier molecular flexibility index (Phi) is 4.36. The predicted molar refractivity (Wildman–Crippen MR) is 76.1 cm³/mol. The number of fused-ring (bicyclic) bond motifs is 1. The summed E-state index contributed by atoms with van der Waals surface area (Å²) < 4.78 is 5.41. The first-order valence-electron chi connectivity index (χ1n) is 6.08. The molecular formula is C15H12N2O4. The summed E-state index contributed by atoms with van der Waals surface area (Å²) in [6.45, 7) is -0.538. The van der Waals surface area contributed by atoms with Crippen LogP contribution in [0.25, 0.3) is 17.2 Å². The molecule has 0 fully saturated rings. The van der Waals surface area contributed by atoms with Crippen molar-refractivity contribution in [2.75, 3.05) is 13.1 Å². The molecule has 0 saturated heterocycles. The maximum absolute atomic E-state index is 11.9. The number of oxazole rings is 1. The number of carbonyl (C=O) groups is 2.